The van der Waals surface area contributed by atoms with Crippen LogP contribution in [0.2, 0.25) is 0 Å². The minimum atomic E-state index is 0.159. The lowest BCUT2D eigenvalue weighted by atomic mass is 10.0. The van der Waals surface area contributed by atoms with Gasteiger partial charge in [-0.05, 0) is 35.7 Å². The van der Waals surface area contributed by atoms with E-state index in [9.17, 15) is 4.79 Å². The normalized spacial score (nSPS) is 18.3. The average Bonchev–Trinajstić information content (AvgIpc) is 2.98. The van der Waals surface area contributed by atoms with Crippen molar-refractivity contribution in [2.24, 2.45) is 0 Å². The van der Waals surface area contributed by atoms with Gasteiger partial charge in [0.15, 0.2) is 0 Å². The van der Waals surface area contributed by atoms with Gasteiger partial charge in [0.05, 0.1) is 0 Å². The third kappa shape index (κ3) is 3.17. The van der Waals surface area contributed by atoms with Gasteiger partial charge in [-0.2, -0.15) is 0 Å². The lowest BCUT2D eigenvalue weighted by molar-refractivity contribution is -0.121. The van der Waals surface area contributed by atoms with Crippen molar-refractivity contribution < 1.29 is 4.79 Å². The van der Waals surface area contributed by atoms with Gasteiger partial charge < -0.3 is 10.6 Å². The van der Waals surface area contributed by atoms with E-state index < -0.39 is 0 Å². The molecule has 1 saturated heterocycles. The van der Waals surface area contributed by atoms with Crippen LogP contribution in [0.4, 0.5) is 0 Å². The van der Waals surface area contributed by atoms with Crippen molar-refractivity contribution >= 4 is 16.7 Å². The molecule has 0 saturated carbocycles. The monoisotopic (exact) mass is 268 g/mol. The Kier molecular flexibility index (Phi) is 3.97. The summed E-state index contributed by atoms with van der Waals surface area (Å²) in [6.45, 7) is 1.91. The van der Waals surface area contributed by atoms with E-state index in [1.54, 1.807) is 0 Å². The highest BCUT2D eigenvalue weighted by Gasteiger charge is 2.16. The zero-order valence-electron chi connectivity index (χ0n) is 11.6. The Balaban J connectivity index is 1.57. The first-order valence-electron chi connectivity index (χ1n) is 7.29. The Morgan fingerprint density at radius 2 is 2.05 bits per heavy atom. The number of hydrogen-bond donors (Lipinski definition) is 2. The van der Waals surface area contributed by atoms with Crippen molar-refractivity contribution in [2.75, 3.05) is 13.1 Å². The number of rotatable bonds is 4. The van der Waals surface area contributed by atoms with Crippen molar-refractivity contribution in [1.82, 2.24) is 10.6 Å². The van der Waals surface area contributed by atoms with Crippen LogP contribution in [-0.4, -0.2) is 25.0 Å². The van der Waals surface area contributed by atoms with Gasteiger partial charge in [-0.25, -0.2) is 0 Å². The second-order valence-electron chi connectivity index (χ2n) is 5.44. The molecule has 0 bridgehead atoms. The van der Waals surface area contributed by atoms with E-state index in [-0.39, 0.29) is 5.91 Å². The van der Waals surface area contributed by atoms with Crippen molar-refractivity contribution in [1.29, 1.82) is 0 Å². The Bertz CT molecular complexity index is 603. The Hall–Kier alpha value is -1.87. The molecule has 1 amide bonds. The minimum Gasteiger partial charge on any atom is -0.352 e. The molecule has 0 radical (unpaired) electrons. The summed E-state index contributed by atoms with van der Waals surface area (Å²) in [6.07, 6.45) is 2.41. The number of carbonyl (C=O) groups is 1. The molecule has 3 nitrogen and oxygen atoms in total. The van der Waals surface area contributed by atoms with Gasteiger partial charge in [0, 0.05) is 19.0 Å². The summed E-state index contributed by atoms with van der Waals surface area (Å²) in [5.74, 6) is 0.159. The summed E-state index contributed by atoms with van der Waals surface area (Å²) < 4.78 is 0. The van der Waals surface area contributed by atoms with Crippen LogP contribution in [0.3, 0.4) is 0 Å². The molecule has 2 N–H and O–H groups in total. The van der Waals surface area contributed by atoms with Crippen LogP contribution in [0.1, 0.15) is 18.4 Å². The molecular formula is C17H20N2O. The maximum Gasteiger partial charge on any atom is 0.220 e. The summed E-state index contributed by atoms with van der Waals surface area (Å²) in [5, 5.41) is 8.83. The van der Waals surface area contributed by atoms with Gasteiger partial charge >= 0.3 is 0 Å². The topological polar surface area (TPSA) is 41.1 Å². The van der Waals surface area contributed by atoms with Crippen molar-refractivity contribution in [2.45, 2.75) is 25.3 Å². The Morgan fingerprint density at radius 3 is 2.85 bits per heavy atom. The fourth-order valence-corrected chi connectivity index (χ4v) is 2.73. The average molecular weight is 268 g/mol. The van der Waals surface area contributed by atoms with Crippen LogP contribution in [0.5, 0.6) is 0 Å². The maximum atomic E-state index is 11.9. The van der Waals surface area contributed by atoms with Crippen LogP contribution in [0.15, 0.2) is 42.5 Å². The second-order valence-corrected chi connectivity index (χ2v) is 5.44. The summed E-state index contributed by atoms with van der Waals surface area (Å²) >= 11 is 0. The van der Waals surface area contributed by atoms with Gasteiger partial charge in [0.1, 0.15) is 0 Å². The highest BCUT2D eigenvalue weighted by atomic mass is 16.1. The molecular weight excluding hydrogens is 248 g/mol. The third-order valence-corrected chi connectivity index (χ3v) is 3.88. The molecule has 0 spiro atoms. The summed E-state index contributed by atoms with van der Waals surface area (Å²) in [4.78, 5) is 11.9. The predicted octanol–water partition coefficient (Wildman–Crippen LogP) is 2.25. The molecule has 1 unspecified atom stereocenters. The Morgan fingerprint density at radius 1 is 1.20 bits per heavy atom. The smallest absolute Gasteiger partial charge is 0.220 e. The third-order valence-electron chi connectivity index (χ3n) is 3.88. The molecule has 20 heavy (non-hydrogen) atoms. The van der Waals surface area contributed by atoms with E-state index in [0.29, 0.717) is 12.5 Å². The van der Waals surface area contributed by atoms with E-state index in [0.717, 1.165) is 25.9 Å². The molecule has 0 aromatic heterocycles. The van der Waals surface area contributed by atoms with Crippen LogP contribution in [0, 0.1) is 0 Å². The molecule has 1 heterocycles. The molecule has 1 atom stereocenters. The first kappa shape index (κ1) is 13.1. The Labute approximate surface area is 119 Å². The van der Waals surface area contributed by atoms with E-state index >= 15 is 0 Å². The van der Waals surface area contributed by atoms with Gasteiger partial charge in [0.2, 0.25) is 5.91 Å². The van der Waals surface area contributed by atoms with E-state index in [4.69, 9.17) is 0 Å². The number of amides is 1. The summed E-state index contributed by atoms with van der Waals surface area (Å²) in [5.41, 5.74) is 1.23. The minimum absolute atomic E-state index is 0.159. The van der Waals surface area contributed by atoms with E-state index in [2.05, 4.69) is 41.0 Å². The standard InChI is InChI=1S/C17H20N2O/c20-17(19-16-9-10-18-12-16)8-6-13-5-7-14-3-1-2-4-15(14)11-13/h1-5,7,11,16,18H,6,8-10,12H2,(H,19,20). The predicted molar refractivity (Wildman–Crippen MR) is 81.7 cm³/mol. The fraction of sp³-hybridized carbons (Fsp3) is 0.353. The molecule has 1 aliphatic heterocycles. The molecule has 3 heteroatoms. The highest BCUT2D eigenvalue weighted by molar-refractivity contribution is 5.83. The number of benzene rings is 2. The fourth-order valence-electron chi connectivity index (χ4n) is 2.73. The second kappa shape index (κ2) is 6.06. The zero-order chi connectivity index (χ0) is 13.8. The van der Waals surface area contributed by atoms with Crippen molar-refractivity contribution in [3.05, 3.63) is 48.0 Å². The van der Waals surface area contributed by atoms with Crippen LogP contribution in [-0.2, 0) is 11.2 Å². The largest absolute Gasteiger partial charge is 0.352 e. The van der Waals surface area contributed by atoms with E-state index in [1.165, 1.54) is 16.3 Å². The van der Waals surface area contributed by atoms with E-state index in [1.807, 2.05) is 12.1 Å². The van der Waals surface area contributed by atoms with Gasteiger partial charge in [-0.1, -0.05) is 42.5 Å². The SMILES string of the molecule is O=C(CCc1ccc2ccccc2c1)NC1CCNC1. The molecule has 104 valence electrons. The van der Waals surface area contributed by atoms with Crippen LogP contribution in [0.25, 0.3) is 10.8 Å². The molecule has 3 rings (SSSR count). The number of hydrogen-bond acceptors (Lipinski definition) is 2. The molecule has 0 aliphatic carbocycles. The molecule has 1 aliphatic rings. The molecule has 2 aromatic carbocycles. The van der Waals surface area contributed by atoms with Gasteiger partial charge in [-0.3, -0.25) is 4.79 Å². The summed E-state index contributed by atoms with van der Waals surface area (Å²) in [6, 6.07) is 15.1. The number of aryl methyl sites for hydroxylation is 1. The van der Waals surface area contributed by atoms with Crippen molar-refractivity contribution in [3.8, 4) is 0 Å². The first-order chi connectivity index (χ1) is 9.81. The number of fused-ring (bicyclic) bond motifs is 1. The maximum absolute atomic E-state index is 11.9. The number of nitrogens with one attached hydrogen (secondary N) is 2. The van der Waals surface area contributed by atoms with Crippen LogP contribution >= 0.6 is 0 Å². The lowest BCUT2D eigenvalue weighted by Crippen LogP contribution is -2.36. The molecule has 2 aromatic rings. The number of carbonyl (C=O) groups excluding carboxylic acids is 1. The van der Waals surface area contributed by atoms with Crippen molar-refractivity contribution in [3.63, 3.8) is 0 Å². The summed E-state index contributed by atoms with van der Waals surface area (Å²) in [7, 11) is 0. The van der Waals surface area contributed by atoms with Crippen LogP contribution < -0.4 is 10.6 Å². The first-order valence-corrected chi connectivity index (χ1v) is 7.29. The highest BCUT2D eigenvalue weighted by Crippen LogP contribution is 2.16. The lowest BCUT2D eigenvalue weighted by Gasteiger charge is -2.11. The quantitative estimate of drug-likeness (QED) is 0.893. The van der Waals surface area contributed by atoms with Gasteiger partial charge in [0.25, 0.3) is 0 Å². The van der Waals surface area contributed by atoms with Gasteiger partial charge in [-0.15, -0.1) is 0 Å². The zero-order valence-corrected chi connectivity index (χ0v) is 11.6. The molecule has 1 fully saturated rings.